The Kier molecular flexibility index (Phi) is 5.10. The molecular formula is C19H24FN3O4. The van der Waals surface area contributed by atoms with Crippen LogP contribution < -0.4 is 0 Å². The molecule has 7 nitrogen and oxygen atoms in total. The Labute approximate surface area is 156 Å². The van der Waals surface area contributed by atoms with Crippen LogP contribution in [-0.4, -0.2) is 63.7 Å². The van der Waals surface area contributed by atoms with Crippen molar-refractivity contribution in [3.63, 3.8) is 0 Å². The topological polar surface area (TPSA) is 85.9 Å². The SMILES string of the molecule is CC(C)(C)OC(=O)N1CCN(C(C(=O)O)c2c[nH]c3cc(F)ccc23)CC1. The summed E-state index contributed by atoms with van der Waals surface area (Å²) in [7, 11) is 0. The predicted octanol–water partition coefficient (Wildman–Crippen LogP) is 2.99. The first-order valence-corrected chi connectivity index (χ1v) is 8.87. The second-order valence-electron chi connectivity index (χ2n) is 7.68. The van der Waals surface area contributed by atoms with E-state index in [4.69, 9.17) is 4.74 Å². The fraction of sp³-hybridized carbons (Fsp3) is 0.474. The molecule has 1 aromatic carbocycles. The molecule has 146 valence electrons. The summed E-state index contributed by atoms with van der Waals surface area (Å²) in [4.78, 5) is 30.5. The zero-order valence-corrected chi connectivity index (χ0v) is 15.7. The zero-order chi connectivity index (χ0) is 19.8. The number of piperazine rings is 1. The number of rotatable bonds is 3. The van der Waals surface area contributed by atoms with Crippen LogP contribution in [0.2, 0.25) is 0 Å². The summed E-state index contributed by atoms with van der Waals surface area (Å²) in [6.45, 7) is 7.00. The molecule has 1 atom stereocenters. The van der Waals surface area contributed by atoms with Crippen molar-refractivity contribution in [1.29, 1.82) is 0 Å². The van der Waals surface area contributed by atoms with E-state index in [0.29, 0.717) is 42.6 Å². The molecule has 1 aliphatic rings. The number of carboxylic acids is 1. The number of aromatic amines is 1. The second-order valence-corrected chi connectivity index (χ2v) is 7.68. The molecule has 1 aliphatic heterocycles. The zero-order valence-electron chi connectivity index (χ0n) is 15.7. The Hall–Kier alpha value is -2.61. The summed E-state index contributed by atoms with van der Waals surface area (Å²) in [6.07, 6.45) is 1.22. The molecule has 1 unspecified atom stereocenters. The van der Waals surface area contributed by atoms with Gasteiger partial charge in [-0.25, -0.2) is 9.18 Å². The molecule has 1 saturated heterocycles. The number of nitrogens with one attached hydrogen (secondary N) is 1. The van der Waals surface area contributed by atoms with Gasteiger partial charge in [0.2, 0.25) is 0 Å². The molecule has 0 radical (unpaired) electrons. The first-order chi connectivity index (χ1) is 12.7. The number of aliphatic carboxylic acids is 1. The van der Waals surface area contributed by atoms with Gasteiger partial charge in [-0.1, -0.05) is 0 Å². The van der Waals surface area contributed by atoms with Gasteiger partial charge >= 0.3 is 12.1 Å². The van der Waals surface area contributed by atoms with Gasteiger partial charge in [0.1, 0.15) is 17.5 Å². The van der Waals surface area contributed by atoms with E-state index in [1.807, 2.05) is 25.7 Å². The number of ether oxygens (including phenoxy) is 1. The third kappa shape index (κ3) is 4.21. The third-order valence-electron chi connectivity index (χ3n) is 4.54. The number of H-pyrrole nitrogens is 1. The molecule has 0 saturated carbocycles. The number of hydrogen-bond donors (Lipinski definition) is 2. The van der Waals surface area contributed by atoms with Crippen molar-refractivity contribution < 1.29 is 23.8 Å². The summed E-state index contributed by atoms with van der Waals surface area (Å²) in [5.41, 5.74) is 0.573. The first kappa shape index (κ1) is 19.2. The van der Waals surface area contributed by atoms with Gasteiger partial charge in [0.05, 0.1) is 0 Å². The van der Waals surface area contributed by atoms with Crippen molar-refractivity contribution in [2.45, 2.75) is 32.4 Å². The highest BCUT2D eigenvalue weighted by Gasteiger charge is 2.34. The number of nitrogens with zero attached hydrogens (tertiary/aromatic N) is 2. The van der Waals surface area contributed by atoms with Crippen molar-refractivity contribution in [2.75, 3.05) is 26.2 Å². The van der Waals surface area contributed by atoms with Crippen LogP contribution >= 0.6 is 0 Å². The quantitative estimate of drug-likeness (QED) is 0.859. The van der Waals surface area contributed by atoms with Gasteiger partial charge in [-0.15, -0.1) is 0 Å². The average molecular weight is 377 g/mol. The Morgan fingerprint density at radius 1 is 1.22 bits per heavy atom. The maximum absolute atomic E-state index is 13.4. The van der Waals surface area contributed by atoms with Crippen LogP contribution in [0.3, 0.4) is 0 Å². The summed E-state index contributed by atoms with van der Waals surface area (Å²) >= 11 is 0. The molecule has 1 fully saturated rings. The molecule has 2 N–H and O–H groups in total. The number of carbonyl (C=O) groups excluding carboxylic acids is 1. The molecule has 8 heteroatoms. The summed E-state index contributed by atoms with van der Waals surface area (Å²) in [5, 5.41) is 10.5. The minimum Gasteiger partial charge on any atom is -0.480 e. The molecule has 2 heterocycles. The number of aromatic nitrogens is 1. The largest absolute Gasteiger partial charge is 0.480 e. The fourth-order valence-corrected chi connectivity index (χ4v) is 3.32. The third-order valence-corrected chi connectivity index (χ3v) is 4.54. The normalized spacial score (nSPS) is 17.1. The number of carboxylic acid groups (broad SMARTS) is 1. The van der Waals surface area contributed by atoms with E-state index >= 15 is 0 Å². The van der Waals surface area contributed by atoms with Crippen molar-refractivity contribution in [3.05, 3.63) is 35.8 Å². The van der Waals surface area contributed by atoms with Crippen molar-refractivity contribution in [3.8, 4) is 0 Å². The lowest BCUT2D eigenvalue weighted by molar-refractivity contribution is -0.144. The minimum atomic E-state index is -0.981. The predicted molar refractivity (Wildman–Crippen MR) is 98.0 cm³/mol. The minimum absolute atomic E-state index is 0.381. The highest BCUT2D eigenvalue weighted by atomic mass is 19.1. The second kappa shape index (κ2) is 7.19. The van der Waals surface area contributed by atoms with E-state index in [0.717, 1.165) is 0 Å². The van der Waals surface area contributed by atoms with Gasteiger partial charge < -0.3 is 19.7 Å². The van der Waals surface area contributed by atoms with E-state index in [2.05, 4.69) is 4.98 Å². The molecule has 0 bridgehead atoms. The van der Waals surface area contributed by atoms with Gasteiger partial charge in [0, 0.05) is 48.8 Å². The summed E-state index contributed by atoms with van der Waals surface area (Å²) in [6, 6.07) is 3.38. The van der Waals surface area contributed by atoms with Gasteiger partial charge in [-0.05, 0) is 39.0 Å². The highest BCUT2D eigenvalue weighted by molar-refractivity contribution is 5.89. The molecule has 27 heavy (non-hydrogen) atoms. The van der Waals surface area contributed by atoms with Crippen LogP contribution in [0.5, 0.6) is 0 Å². The van der Waals surface area contributed by atoms with Crippen LogP contribution in [0.15, 0.2) is 24.4 Å². The lowest BCUT2D eigenvalue weighted by Crippen LogP contribution is -2.51. The Morgan fingerprint density at radius 3 is 2.48 bits per heavy atom. The molecule has 3 rings (SSSR count). The number of carbonyl (C=O) groups is 2. The van der Waals surface area contributed by atoms with Gasteiger partial charge in [0.25, 0.3) is 0 Å². The number of fused-ring (bicyclic) bond motifs is 1. The highest BCUT2D eigenvalue weighted by Crippen LogP contribution is 2.30. The van der Waals surface area contributed by atoms with Crippen molar-refractivity contribution >= 4 is 23.0 Å². The van der Waals surface area contributed by atoms with Crippen LogP contribution in [-0.2, 0) is 9.53 Å². The molecular weight excluding hydrogens is 353 g/mol. The first-order valence-electron chi connectivity index (χ1n) is 8.87. The average Bonchev–Trinajstić information content (AvgIpc) is 2.96. The van der Waals surface area contributed by atoms with E-state index in [1.54, 1.807) is 17.2 Å². The fourth-order valence-electron chi connectivity index (χ4n) is 3.32. The van der Waals surface area contributed by atoms with Gasteiger partial charge in [-0.2, -0.15) is 0 Å². The smallest absolute Gasteiger partial charge is 0.410 e. The van der Waals surface area contributed by atoms with Crippen LogP contribution in [0.25, 0.3) is 10.9 Å². The Morgan fingerprint density at radius 2 is 1.89 bits per heavy atom. The van der Waals surface area contributed by atoms with E-state index < -0.39 is 23.7 Å². The lowest BCUT2D eigenvalue weighted by Gasteiger charge is -2.38. The van der Waals surface area contributed by atoms with Gasteiger partial charge in [0.15, 0.2) is 0 Å². The molecule has 2 aromatic rings. The molecule has 1 amide bonds. The molecule has 0 aliphatic carbocycles. The number of amides is 1. The molecule has 1 aromatic heterocycles. The monoisotopic (exact) mass is 377 g/mol. The van der Waals surface area contributed by atoms with Gasteiger partial charge in [-0.3, -0.25) is 9.69 Å². The summed E-state index contributed by atoms with van der Waals surface area (Å²) in [5.74, 6) is -1.36. The van der Waals surface area contributed by atoms with E-state index in [-0.39, 0.29) is 5.82 Å². The van der Waals surface area contributed by atoms with Crippen LogP contribution in [0.1, 0.15) is 32.4 Å². The maximum Gasteiger partial charge on any atom is 0.410 e. The van der Waals surface area contributed by atoms with Crippen LogP contribution in [0, 0.1) is 5.82 Å². The maximum atomic E-state index is 13.4. The standard InChI is InChI=1S/C19H24FN3O4/c1-19(2,3)27-18(26)23-8-6-22(7-9-23)16(17(24)25)14-11-21-15-10-12(20)4-5-13(14)15/h4-5,10-11,16,21H,6-9H2,1-3H3,(H,24,25). The Bertz CT molecular complexity index is 850. The van der Waals surface area contributed by atoms with Crippen molar-refractivity contribution in [1.82, 2.24) is 14.8 Å². The number of halogens is 1. The number of hydrogen-bond acceptors (Lipinski definition) is 4. The van der Waals surface area contributed by atoms with Crippen molar-refractivity contribution in [2.24, 2.45) is 0 Å². The van der Waals surface area contributed by atoms with E-state index in [1.165, 1.54) is 12.1 Å². The summed E-state index contributed by atoms with van der Waals surface area (Å²) < 4.78 is 18.8. The van der Waals surface area contributed by atoms with E-state index in [9.17, 15) is 19.1 Å². The lowest BCUT2D eigenvalue weighted by atomic mass is 10.0. The Balaban J connectivity index is 1.76. The van der Waals surface area contributed by atoms with Crippen LogP contribution in [0.4, 0.5) is 9.18 Å². The molecule has 0 spiro atoms. The number of benzene rings is 1.